The largest absolute Gasteiger partial charge is 0.481 e. The van der Waals surface area contributed by atoms with E-state index < -0.39 is 24.0 Å². The van der Waals surface area contributed by atoms with Gasteiger partial charge in [0.05, 0.1) is 0 Å². The van der Waals surface area contributed by atoms with Crippen molar-refractivity contribution in [1.82, 2.24) is 10.2 Å². The van der Waals surface area contributed by atoms with Crippen LogP contribution in [0.2, 0.25) is 0 Å². The molecular weight excluding hydrogens is 240 g/mol. The number of nitrogens with zero attached hydrogens (tertiary/aromatic N) is 1. The molecule has 18 heavy (non-hydrogen) atoms. The highest BCUT2D eigenvalue weighted by molar-refractivity contribution is 5.83. The zero-order valence-corrected chi connectivity index (χ0v) is 10.8. The molecule has 0 fully saturated rings. The van der Waals surface area contributed by atoms with E-state index >= 15 is 0 Å². The molecule has 2 amide bonds. The van der Waals surface area contributed by atoms with Gasteiger partial charge in [-0.15, -0.1) is 0 Å². The second kappa shape index (κ2) is 7.52. The normalized spacial score (nSPS) is 12.0. The molecule has 0 aromatic rings. The highest BCUT2D eigenvalue weighted by Gasteiger charge is 2.24. The van der Waals surface area contributed by atoms with Crippen molar-refractivity contribution in [2.24, 2.45) is 0 Å². The molecule has 3 N–H and O–H groups in total. The van der Waals surface area contributed by atoms with Crippen LogP contribution in [0.5, 0.6) is 0 Å². The molecule has 0 aromatic carbocycles. The number of urea groups is 1. The molecule has 0 aliphatic rings. The van der Waals surface area contributed by atoms with Crippen LogP contribution in [0.4, 0.5) is 4.79 Å². The van der Waals surface area contributed by atoms with E-state index in [1.807, 2.05) is 13.8 Å². The molecule has 0 saturated heterocycles. The summed E-state index contributed by atoms with van der Waals surface area (Å²) in [5, 5.41) is 19.7. The van der Waals surface area contributed by atoms with Crippen molar-refractivity contribution in [2.75, 3.05) is 6.54 Å². The lowest BCUT2D eigenvalue weighted by Gasteiger charge is -2.27. The zero-order valence-electron chi connectivity index (χ0n) is 10.8. The van der Waals surface area contributed by atoms with E-state index in [0.717, 1.165) is 0 Å². The Morgan fingerprint density at radius 1 is 1.22 bits per heavy atom. The maximum atomic E-state index is 11.8. The molecule has 0 radical (unpaired) electrons. The second-order valence-corrected chi connectivity index (χ2v) is 4.15. The zero-order chi connectivity index (χ0) is 14.3. The van der Waals surface area contributed by atoms with Gasteiger partial charge in [0.25, 0.3) is 0 Å². The lowest BCUT2D eigenvalue weighted by Crippen LogP contribution is -2.50. The first-order valence-electron chi connectivity index (χ1n) is 5.81. The van der Waals surface area contributed by atoms with E-state index in [1.54, 1.807) is 6.92 Å². The van der Waals surface area contributed by atoms with Gasteiger partial charge in [0.1, 0.15) is 6.04 Å². The van der Waals surface area contributed by atoms with Crippen LogP contribution in [0.15, 0.2) is 0 Å². The number of carbonyl (C=O) groups is 3. The van der Waals surface area contributed by atoms with Crippen molar-refractivity contribution in [2.45, 2.75) is 45.7 Å². The molecular formula is C11H20N2O5. The van der Waals surface area contributed by atoms with Crippen LogP contribution in [0, 0.1) is 0 Å². The molecule has 0 aliphatic heterocycles. The van der Waals surface area contributed by atoms with Gasteiger partial charge in [0.2, 0.25) is 0 Å². The maximum absolute atomic E-state index is 11.8. The van der Waals surface area contributed by atoms with Gasteiger partial charge in [0.15, 0.2) is 0 Å². The predicted molar refractivity (Wildman–Crippen MR) is 64.3 cm³/mol. The van der Waals surface area contributed by atoms with Gasteiger partial charge in [-0.05, 0) is 27.2 Å². The SMILES string of the molecule is CCN(C(=O)N[C@@H](CCC(=O)O)C(=O)O)C(C)C. The number of nitrogens with one attached hydrogen (secondary N) is 1. The fraction of sp³-hybridized carbons (Fsp3) is 0.727. The number of carbonyl (C=O) groups excluding carboxylic acids is 1. The first-order chi connectivity index (χ1) is 8.29. The van der Waals surface area contributed by atoms with E-state index in [4.69, 9.17) is 10.2 Å². The van der Waals surface area contributed by atoms with E-state index in [-0.39, 0.29) is 18.9 Å². The van der Waals surface area contributed by atoms with E-state index in [9.17, 15) is 14.4 Å². The van der Waals surface area contributed by atoms with E-state index in [0.29, 0.717) is 6.54 Å². The first kappa shape index (κ1) is 16.2. The monoisotopic (exact) mass is 260 g/mol. The Hall–Kier alpha value is -1.79. The summed E-state index contributed by atoms with van der Waals surface area (Å²) in [6, 6.07) is -1.73. The standard InChI is InChI=1S/C11H20N2O5/c1-4-13(7(2)3)11(18)12-8(10(16)17)5-6-9(14)15/h7-8H,4-6H2,1-3H3,(H,12,18)(H,14,15)(H,16,17)/t8-/m0/s1. The minimum absolute atomic E-state index is 0.0519. The number of hydrogen-bond acceptors (Lipinski definition) is 3. The van der Waals surface area contributed by atoms with Gasteiger partial charge < -0.3 is 20.4 Å². The summed E-state index contributed by atoms with van der Waals surface area (Å²) in [6.45, 7) is 5.87. The third-order valence-corrected chi connectivity index (χ3v) is 2.47. The molecule has 7 heteroatoms. The third-order valence-electron chi connectivity index (χ3n) is 2.47. The van der Waals surface area contributed by atoms with Crippen LogP contribution in [0.1, 0.15) is 33.6 Å². The van der Waals surface area contributed by atoms with E-state index in [1.165, 1.54) is 4.90 Å². The first-order valence-corrected chi connectivity index (χ1v) is 5.81. The van der Waals surface area contributed by atoms with Crippen molar-refractivity contribution >= 4 is 18.0 Å². The topological polar surface area (TPSA) is 107 Å². The van der Waals surface area contributed by atoms with Crippen molar-refractivity contribution in [3.8, 4) is 0 Å². The number of rotatable bonds is 7. The summed E-state index contributed by atoms with van der Waals surface area (Å²) in [5.74, 6) is -2.32. The lowest BCUT2D eigenvalue weighted by atomic mass is 10.1. The number of carboxylic acid groups (broad SMARTS) is 2. The van der Waals surface area contributed by atoms with Crippen LogP contribution in [-0.4, -0.2) is 51.7 Å². The van der Waals surface area contributed by atoms with Crippen molar-refractivity contribution in [3.05, 3.63) is 0 Å². The van der Waals surface area contributed by atoms with Crippen LogP contribution < -0.4 is 5.32 Å². The molecule has 0 rings (SSSR count). The smallest absolute Gasteiger partial charge is 0.326 e. The Labute approximate surface area is 106 Å². The summed E-state index contributed by atoms with van der Waals surface area (Å²) in [6.07, 6.45) is -0.433. The molecule has 0 bridgehead atoms. The Morgan fingerprint density at radius 2 is 1.78 bits per heavy atom. The Morgan fingerprint density at radius 3 is 2.11 bits per heavy atom. The average Bonchev–Trinajstić information content (AvgIpc) is 2.23. The minimum atomic E-state index is -1.23. The van der Waals surface area contributed by atoms with Gasteiger partial charge in [0, 0.05) is 19.0 Å². The van der Waals surface area contributed by atoms with Gasteiger partial charge >= 0.3 is 18.0 Å². The van der Waals surface area contributed by atoms with Crippen LogP contribution >= 0.6 is 0 Å². The minimum Gasteiger partial charge on any atom is -0.481 e. The lowest BCUT2D eigenvalue weighted by molar-refractivity contribution is -0.140. The average molecular weight is 260 g/mol. The molecule has 104 valence electrons. The maximum Gasteiger partial charge on any atom is 0.326 e. The quantitative estimate of drug-likeness (QED) is 0.626. The fourth-order valence-electron chi connectivity index (χ4n) is 1.50. The van der Waals surface area contributed by atoms with Crippen LogP contribution in [0.3, 0.4) is 0 Å². The summed E-state index contributed by atoms with van der Waals surface area (Å²) in [4.78, 5) is 34.5. The number of amides is 2. The van der Waals surface area contributed by atoms with E-state index in [2.05, 4.69) is 5.32 Å². The highest BCUT2D eigenvalue weighted by atomic mass is 16.4. The molecule has 1 atom stereocenters. The summed E-state index contributed by atoms with van der Waals surface area (Å²) in [5.41, 5.74) is 0. The third kappa shape index (κ3) is 5.51. The summed E-state index contributed by atoms with van der Waals surface area (Å²) < 4.78 is 0. The molecule has 7 nitrogen and oxygen atoms in total. The summed E-state index contributed by atoms with van der Waals surface area (Å²) >= 11 is 0. The van der Waals surface area contributed by atoms with Crippen LogP contribution in [-0.2, 0) is 9.59 Å². The molecule has 0 saturated carbocycles. The molecule has 0 heterocycles. The predicted octanol–water partition coefficient (Wildman–Crippen LogP) is 0.744. The summed E-state index contributed by atoms with van der Waals surface area (Å²) in [7, 11) is 0. The van der Waals surface area contributed by atoms with Crippen molar-refractivity contribution in [1.29, 1.82) is 0 Å². The molecule has 0 unspecified atom stereocenters. The fourth-order valence-corrected chi connectivity index (χ4v) is 1.50. The molecule has 0 aromatic heterocycles. The number of carboxylic acids is 2. The van der Waals surface area contributed by atoms with Crippen LogP contribution in [0.25, 0.3) is 0 Å². The Kier molecular flexibility index (Phi) is 6.77. The molecule has 0 spiro atoms. The highest BCUT2D eigenvalue weighted by Crippen LogP contribution is 2.02. The van der Waals surface area contributed by atoms with Gasteiger partial charge in [-0.2, -0.15) is 0 Å². The van der Waals surface area contributed by atoms with Crippen molar-refractivity contribution in [3.63, 3.8) is 0 Å². The number of hydrogen-bond donors (Lipinski definition) is 3. The Bertz CT molecular complexity index is 317. The second-order valence-electron chi connectivity index (χ2n) is 4.15. The van der Waals surface area contributed by atoms with Gasteiger partial charge in [-0.3, -0.25) is 4.79 Å². The van der Waals surface area contributed by atoms with Gasteiger partial charge in [-0.25, -0.2) is 9.59 Å². The number of aliphatic carboxylic acids is 2. The molecule has 0 aliphatic carbocycles. The van der Waals surface area contributed by atoms with Crippen molar-refractivity contribution < 1.29 is 24.6 Å². The Balaban J connectivity index is 4.53. The van der Waals surface area contributed by atoms with Gasteiger partial charge in [-0.1, -0.05) is 0 Å².